The first-order valence-corrected chi connectivity index (χ1v) is 7.64. The van der Waals surface area contributed by atoms with Gasteiger partial charge < -0.3 is 24.1 Å². The number of nitrogens with zero attached hydrogens (tertiary/aromatic N) is 1. The van der Waals surface area contributed by atoms with E-state index < -0.39 is 40.4 Å². The first-order valence-electron chi connectivity index (χ1n) is 7.26. The largest absolute Gasteiger partial charge is 1.00 e. The molecule has 0 fully saturated rings. The molecule has 1 unspecified atom stereocenters. The van der Waals surface area contributed by atoms with Crippen molar-refractivity contribution in [1.82, 2.24) is 0 Å². The van der Waals surface area contributed by atoms with Crippen LogP contribution < -0.4 is 44.1 Å². The average Bonchev–Trinajstić information content (AvgIpc) is 2.60. The maximum absolute atomic E-state index is 12.7. The minimum Gasteiger partial charge on any atom is -0.544 e. The predicted molar refractivity (Wildman–Crippen MR) is 86.1 cm³/mol. The second-order valence-electron chi connectivity index (χ2n) is 5.14. The minimum atomic E-state index is -4.60. The van der Waals surface area contributed by atoms with Crippen LogP contribution >= 0.6 is 11.6 Å². The quantitative estimate of drug-likeness (QED) is 0.259. The van der Waals surface area contributed by atoms with Gasteiger partial charge in [-0.05, 0) is 24.3 Å². The number of methoxy groups -OCH3 is 1. The van der Waals surface area contributed by atoms with E-state index in [1.165, 1.54) is 0 Å². The molecule has 0 aliphatic heterocycles. The van der Waals surface area contributed by atoms with Gasteiger partial charge in [0.15, 0.2) is 0 Å². The van der Waals surface area contributed by atoms with E-state index in [9.17, 15) is 33.2 Å². The number of rotatable bonds is 7. The van der Waals surface area contributed by atoms with Crippen molar-refractivity contribution in [2.45, 2.75) is 12.5 Å². The summed E-state index contributed by atoms with van der Waals surface area (Å²) in [4.78, 5) is 21.1. The van der Waals surface area contributed by atoms with Crippen LogP contribution in [0, 0.1) is 10.1 Å². The standard InChI is InChI=1S/C16H11ClF3NO7.Na/c1-26-15(14(22)23)28-13-7-9(3-4-11(13)21(24)25)27-12-5-2-8(6-10(12)17)16(18,19)20;/h2-7,15H,1H3,(H,22,23);/q;+1/p-1. The molecule has 29 heavy (non-hydrogen) atoms. The van der Waals surface area contributed by atoms with Gasteiger partial charge in [0, 0.05) is 19.2 Å². The molecule has 0 N–H and O–H groups in total. The zero-order valence-electron chi connectivity index (χ0n) is 14.9. The van der Waals surface area contributed by atoms with Crippen molar-refractivity contribution in [2.24, 2.45) is 0 Å². The Morgan fingerprint density at radius 1 is 1.17 bits per heavy atom. The number of hydrogen-bond donors (Lipinski definition) is 0. The SMILES string of the molecule is COC(Oc1cc(Oc2ccc(C(F)(F)F)cc2Cl)ccc1[N+](=O)[O-])C(=O)[O-].[Na+]. The average molecular weight is 444 g/mol. The number of carbonyl (C=O) groups is 1. The third kappa shape index (κ3) is 6.47. The van der Waals surface area contributed by atoms with Crippen molar-refractivity contribution < 1.29 is 71.8 Å². The van der Waals surface area contributed by atoms with Crippen molar-refractivity contribution in [3.8, 4) is 17.2 Å². The molecule has 0 aromatic heterocycles. The summed E-state index contributed by atoms with van der Waals surface area (Å²) in [7, 11) is 0.981. The summed E-state index contributed by atoms with van der Waals surface area (Å²) in [6.45, 7) is 0. The van der Waals surface area contributed by atoms with Gasteiger partial charge >= 0.3 is 41.4 Å². The Bertz CT molecular complexity index is 911. The van der Waals surface area contributed by atoms with Gasteiger partial charge in [-0.2, -0.15) is 13.2 Å². The van der Waals surface area contributed by atoms with E-state index in [1.54, 1.807) is 0 Å². The number of halogens is 4. The molecule has 1 atom stereocenters. The van der Waals surface area contributed by atoms with Crippen molar-refractivity contribution >= 4 is 23.3 Å². The normalized spacial score (nSPS) is 11.9. The Hall–Kier alpha value is -2.05. The van der Waals surface area contributed by atoms with Crippen LogP contribution in [-0.2, 0) is 15.7 Å². The third-order valence-corrected chi connectivity index (χ3v) is 3.55. The summed E-state index contributed by atoms with van der Waals surface area (Å²) >= 11 is 5.78. The van der Waals surface area contributed by atoms with E-state index in [-0.39, 0.29) is 46.1 Å². The van der Waals surface area contributed by atoms with Crippen molar-refractivity contribution in [3.63, 3.8) is 0 Å². The molecule has 150 valence electrons. The topological polar surface area (TPSA) is 111 Å². The molecule has 2 rings (SSSR count). The van der Waals surface area contributed by atoms with Gasteiger partial charge in [0.2, 0.25) is 12.0 Å². The number of benzene rings is 2. The Balaban J connectivity index is 0.00000420. The van der Waals surface area contributed by atoms with E-state index in [2.05, 4.69) is 4.74 Å². The molecule has 13 heteroatoms. The number of carbonyl (C=O) groups excluding carboxylic acids is 1. The van der Waals surface area contributed by atoms with Crippen LogP contribution in [0.1, 0.15) is 5.56 Å². The van der Waals surface area contributed by atoms with Crippen LogP contribution in [0.2, 0.25) is 5.02 Å². The molecule has 8 nitrogen and oxygen atoms in total. The summed E-state index contributed by atoms with van der Waals surface area (Å²) < 4.78 is 52.7. The van der Waals surface area contributed by atoms with E-state index in [0.29, 0.717) is 6.07 Å². The van der Waals surface area contributed by atoms with E-state index in [0.717, 1.165) is 37.4 Å². The van der Waals surface area contributed by atoms with Gasteiger partial charge in [-0.25, -0.2) is 0 Å². The van der Waals surface area contributed by atoms with Crippen LogP contribution in [0.5, 0.6) is 17.2 Å². The molecule has 0 spiro atoms. The van der Waals surface area contributed by atoms with Gasteiger partial charge in [-0.3, -0.25) is 10.1 Å². The smallest absolute Gasteiger partial charge is 0.544 e. The van der Waals surface area contributed by atoms with Gasteiger partial charge in [0.25, 0.3) is 0 Å². The molecule has 0 radical (unpaired) electrons. The molecular formula is C16H10ClF3NNaO7. The maximum Gasteiger partial charge on any atom is 1.00 e. The van der Waals surface area contributed by atoms with Crippen LogP contribution in [0.25, 0.3) is 0 Å². The Morgan fingerprint density at radius 2 is 1.83 bits per heavy atom. The van der Waals surface area contributed by atoms with Gasteiger partial charge in [-0.1, -0.05) is 11.6 Å². The molecular weight excluding hydrogens is 434 g/mol. The molecule has 0 amide bonds. The third-order valence-electron chi connectivity index (χ3n) is 3.26. The first-order chi connectivity index (χ1) is 13.0. The molecule has 0 saturated heterocycles. The number of hydrogen-bond acceptors (Lipinski definition) is 7. The van der Waals surface area contributed by atoms with E-state index in [4.69, 9.17) is 21.1 Å². The fraction of sp³-hybridized carbons (Fsp3) is 0.188. The van der Waals surface area contributed by atoms with E-state index in [1.807, 2.05) is 0 Å². The zero-order chi connectivity index (χ0) is 21.1. The van der Waals surface area contributed by atoms with Crippen LogP contribution in [0.15, 0.2) is 36.4 Å². The summed E-state index contributed by atoms with van der Waals surface area (Å²) in [6.07, 6.45) is -6.54. The van der Waals surface area contributed by atoms with Crippen molar-refractivity contribution in [2.75, 3.05) is 7.11 Å². The number of ether oxygens (including phenoxy) is 3. The Labute approximate surface area is 188 Å². The van der Waals surface area contributed by atoms with Gasteiger partial charge in [-0.15, -0.1) is 0 Å². The first kappa shape index (κ1) is 25.0. The molecule has 0 heterocycles. The number of nitro groups is 1. The van der Waals surface area contributed by atoms with Crippen LogP contribution in [-0.4, -0.2) is 24.3 Å². The number of aliphatic carboxylic acids is 1. The van der Waals surface area contributed by atoms with Crippen LogP contribution in [0.4, 0.5) is 18.9 Å². The summed E-state index contributed by atoms with van der Waals surface area (Å²) in [5, 5.41) is 21.6. The second-order valence-corrected chi connectivity index (χ2v) is 5.54. The molecule has 0 saturated carbocycles. The van der Waals surface area contributed by atoms with Crippen molar-refractivity contribution in [1.29, 1.82) is 0 Å². The Morgan fingerprint density at radius 3 is 2.31 bits per heavy atom. The summed E-state index contributed by atoms with van der Waals surface area (Å²) in [6, 6.07) is 5.38. The minimum absolute atomic E-state index is 0. The van der Waals surface area contributed by atoms with Gasteiger partial charge in [0.05, 0.1) is 15.5 Å². The summed E-state index contributed by atoms with van der Waals surface area (Å²) in [5.74, 6) is -2.59. The molecule has 0 bridgehead atoms. The fourth-order valence-corrected chi connectivity index (χ4v) is 2.22. The number of carboxylic acids is 1. The fourth-order valence-electron chi connectivity index (χ4n) is 2.00. The molecule has 0 aliphatic carbocycles. The van der Waals surface area contributed by atoms with E-state index >= 15 is 0 Å². The number of nitro benzene ring substituents is 1. The molecule has 2 aromatic rings. The molecule has 2 aromatic carbocycles. The molecule has 0 aliphatic rings. The Kier molecular flexibility index (Phi) is 8.72. The zero-order valence-corrected chi connectivity index (χ0v) is 17.6. The number of carboxylic acid groups (broad SMARTS) is 1. The predicted octanol–water partition coefficient (Wildman–Crippen LogP) is 0.165. The van der Waals surface area contributed by atoms with Crippen molar-refractivity contribution in [3.05, 3.63) is 57.1 Å². The number of alkyl halides is 3. The van der Waals surface area contributed by atoms with Crippen LogP contribution in [0.3, 0.4) is 0 Å². The summed E-state index contributed by atoms with van der Waals surface area (Å²) in [5.41, 5.74) is -1.59. The second kappa shape index (κ2) is 10.1. The maximum atomic E-state index is 12.7. The van der Waals surface area contributed by atoms with Gasteiger partial charge in [0.1, 0.15) is 17.5 Å². The monoisotopic (exact) mass is 443 g/mol.